The smallest absolute Gasteiger partial charge is 0.268 e. The maximum absolute atomic E-state index is 11.2. The number of nitrogens with zero attached hydrogens (tertiary/aromatic N) is 3. The van der Waals surface area contributed by atoms with Gasteiger partial charge in [0.1, 0.15) is 11.7 Å². The van der Waals surface area contributed by atoms with Gasteiger partial charge in [-0.15, -0.1) is 0 Å². The van der Waals surface area contributed by atoms with Crippen LogP contribution < -0.4 is 5.73 Å². The number of nitroso groups, excluding NO2 is 1. The van der Waals surface area contributed by atoms with Gasteiger partial charge in [-0.1, -0.05) is 40.5 Å². The van der Waals surface area contributed by atoms with Crippen molar-refractivity contribution in [2.45, 2.75) is 31.8 Å². The van der Waals surface area contributed by atoms with Crippen LogP contribution in [0, 0.1) is 4.91 Å². The second kappa shape index (κ2) is 7.57. The van der Waals surface area contributed by atoms with Crippen molar-refractivity contribution in [3.8, 4) is 0 Å². The first-order valence-electron chi connectivity index (χ1n) is 7.02. The molecule has 0 bridgehead atoms. The average molecular weight is 355 g/mol. The minimum absolute atomic E-state index is 0.147. The van der Waals surface area contributed by atoms with Gasteiger partial charge in [-0.25, -0.2) is 4.98 Å². The van der Waals surface area contributed by atoms with Crippen LogP contribution in [0.25, 0.3) is 0 Å². The average Bonchev–Trinajstić information content (AvgIpc) is 3.01. The van der Waals surface area contributed by atoms with Crippen LogP contribution in [0.5, 0.6) is 0 Å². The third-order valence-corrected chi connectivity index (χ3v) is 4.56. The van der Waals surface area contributed by atoms with Gasteiger partial charge in [0.2, 0.25) is 0 Å². The number of carbonyl (C=O) groups is 1. The second-order valence-corrected chi connectivity index (χ2v) is 6.02. The molecule has 6 nitrogen and oxygen atoms in total. The summed E-state index contributed by atoms with van der Waals surface area (Å²) in [4.78, 5) is 26.1. The molecule has 2 N–H and O–H groups in total. The number of hydrogen-bond acceptors (Lipinski definition) is 4. The van der Waals surface area contributed by atoms with Gasteiger partial charge < -0.3 is 10.3 Å². The maximum Gasteiger partial charge on any atom is 0.268 e. The van der Waals surface area contributed by atoms with Crippen molar-refractivity contribution in [2.24, 2.45) is 10.9 Å². The first-order valence-corrected chi connectivity index (χ1v) is 7.78. The number of rotatable bonds is 7. The molecule has 0 aliphatic carbocycles. The van der Waals surface area contributed by atoms with Gasteiger partial charge in [-0.2, -0.15) is 4.91 Å². The molecule has 1 amide bonds. The fraction of sp³-hybridized carbons (Fsp3) is 0.333. The lowest BCUT2D eigenvalue weighted by molar-refractivity contribution is 0.0996. The highest BCUT2D eigenvalue weighted by Gasteiger charge is 2.21. The molecule has 2 aromatic rings. The molecule has 8 heteroatoms. The molecule has 0 radical (unpaired) electrons. The monoisotopic (exact) mass is 354 g/mol. The second-order valence-electron chi connectivity index (χ2n) is 5.24. The molecule has 2 unspecified atom stereocenters. The lowest BCUT2D eigenvalue weighted by Crippen LogP contribution is -2.20. The summed E-state index contributed by atoms with van der Waals surface area (Å²) in [7, 11) is 0. The zero-order valence-electron chi connectivity index (χ0n) is 12.4. The Morgan fingerprint density at radius 3 is 2.78 bits per heavy atom. The van der Waals surface area contributed by atoms with Crippen molar-refractivity contribution >= 4 is 29.1 Å². The van der Waals surface area contributed by atoms with E-state index in [4.69, 9.17) is 28.9 Å². The topological polar surface area (TPSA) is 90.3 Å². The summed E-state index contributed by atoms with van der Waals surface area (Å²) >= 11 is 12.2. The number of amides is 1. The summed E-state index contributed by atoms with van der Waals surface area (Å²) in [5.74, 6) is -0.618. The number of carbonyl (C=O) groups excluding carboxylic acids is 1. The van der Waals surface area contributed by atoms with Crippen LogP contribution in [-0.2, 0) is 6.42 Å². The molecule has 2 atom stereocenters. The van der Waals surface area contributed by atoms with Crippen molar-refractivity contribution < 1.29 is 4.79 Å². The Bertz CT molecular complexity index is 717. The van der Waals surface area contributed by atoms with E-state index in [1.807, 2.05) is 12.1 Å². The van der Waals surface area contributed by atoms with Gasteiger partial charge in [-0.3, -0.25) is 4.79 Å². The van der Waals surface area contributed by atoms with Crippen LogP contribution in [0.15, 0.2) is 35.9 Å². The molecule has 1 aromatic carbocycles. The predicted octanol–water partition coefficient (Wildman–Crippen LogP) is 3.62. The molecular weight excluding hydrogens is 339 g/mol. The van der Waals surface area contributed by atoms with Gasteiger partial charge in [0.05, 0.1) is 22.4 Å². The maximum atomic E-state index is 11.2. The van der Waals surface area contributed by atoms with E-state index >= 15 is 0 Å². The van der Waals surface area contributed by atoms with Gasteiger partial charge in [0.25, 0.3) is 5.91 Å². The van der Waals surface area contributed by atoms with Gasteiger partial charge in [0.15, 0.2) is 0 Å². The number of nitrogens with two attached hydrogens (primary N) is 1. The van der Waals surface area contributed by atoms with E-state index in [1.165, 1.54) is 12.5 Å². The fourth-order valence-corrected chi connectivity index (χ4v) is 2.81. The largest absolute Gasteiger partial charge is 0.364 e. The van der Waals surface area contributed by atoms with E-state index < -0.39 is 11.9 Å². The normalized spacial score (nSPS) is 13.5. The zero-order chi connectivity index (χ0) is 17.0. The Balaban J connectivity index is 2.20. The third kappa shape index (κ3) is 4.09. The Hall–Kier alpha value is -1.92. The minimum Gasteiger partial charge on any atom is -0.364 e. The fourth-order valence-electron chi connectivity index (χ4n) is 2.40. The zero-order valence-corrected chi connectivity index (χ0v) is 14.0. The SMILES string of the molecule is CC(N=O)C(CCc1cccc(Cl)c1Cl)n1cnc(C(N)=O)c1. The number of imidazole rings is 1. The molecule has 1 heterocycles. The van der Waals surface area contributed by atoms with Crippen LogP contribution in [0.2, 0.25) is 10.0 Å². The first-order chi connectivity index (χ1) is 10.9. The number of primary amides is 1. The summed E-state index contributed by atoms with van der Waals surface area (Å²) < 4.78 is 1.69. The van der Waals surface area contributed by atoms with Gasteiger partial charge >= 0.3 is 0 Å². The molecule has 2 rings (SSSR count). The Kier molecular flexibility index (Phi) is 5.74. The molecule has 0 fully saturated rings. The van der Waals surface area contributed by atoms with E-state index in [1.54, 1.807) is 17.6 Å². The van der Waals surface area contributed by atoms with Crippen molar-refractivity contribution in [1.82, 2.24) is 9.55 Å². The van der Waals surface area contributed by atoms with Crippen LogP contribution in [0.1, 0.15) is 35.4 Å². The first kappa shape index (κ1) is 17.4. The van der Waals surface area contributed by atoms with Crippen LogP contribution >= 0.6 is 23.2 Å². The molecule has 0 saturated heterocycles. The van der Waals surface area contributed by atoms with Crippen LogP contribution in [-0.4, -0.2) is 21.5 Å². The summed E-state index contributed by atoms with van der Waals surface area (Å²) in [6.07, 6.45) is 4.19. The molecule has 1 aromatic heterocycles. The molecule has 0 aliphatic heterocycles. The number of halogens is 2. The quantitative estimate of drug-likeness (QED) is 0.769. The number of aryl methyl sites for hydroxylation is 1. The molecule has 0 aliphatic rings. The minimum atomic E-state index is -0.618. The molecule has 122 valence electrons. The highest BCUT2D eigenvalue weighted by atomic mass is 35.5. The lowest BCUT2D eigenvalue weighted by Gasteiger charge is -2.20. The Morgan fingerprint density at radius 1 is 1.43 bits per heavy atom. The third-order valence-electron chi connectivity index (χ3n) is 3.70. The molecule has 0 spiro atoms. The van der Waals surface area contributed by atoms with E-state index in [9.17, 15) is 9.70 Å². The highest BCUT2D eigenvalue weighted by molar-refractivity contribution is 6.42. The Labute approximate surface area is 143 Å². The van der Waals surface area contributed by atoms with Gasteiger partial charge in [0, 0.05) is 6.20 Å². The van der Waals surface area contributed by atoms with Crippen molar-refractivity contribution in [2.75, 3.05) is 0 Å². The standard InChI is InChI=1S/C15H16Cl2N4O2/c1-9(20-23)13(21-7-12(15(18)22)19-8-21)6-5-10-3-2-4-11(16)14(10)17/h2-4,7-9,13H,5-6H2,1H3,(H2,18,22). The molecule has 23 heavy (non-hydrogen) atoms. The van der Waals surface area contributed by atoms with Gasteiger partial charge in [-0.05, 0) is 31.4 Å². The van der Waals surface area contributed by atoms with Crippen LogP contribution in [0.3, 0.4) is 0 Å². The summed E-state index contributed by atoms with van der Waals surface area (Å²) in [5.41, 5.74) is 6.24. The van der Waals surface area contributed by atoms with Crippen molar-refractivity contribution in [3.63, 3.8) is 0 Å². The molecular formula is C15H16Cl2N4O2. The number of aromatic nitrogens is 2. The summed E-state index contributed by atoms with van der Waals surface area (Å²) in [6, 6.07) is 4.66. The number of benzene rings is 1. The van der Waals surface area contributed by atoms with E-state index in [0.717, 1.165) is 5.56 Å². The predicted molar refractivity (Wildman–Crippen MR) is 89.8 cm³/mol. The Morgan fingerprint density at radius 2 is 2.17 bits per heavy atom. The molecule has 0 saturated carbocycles. The van der Waals surface area contributed by atoms with E-state index in [2.05, 4.69) is 10.2 Å². The van der Waals surface area contributed by atoms with Crippen LogP contribution in [0.4, 0.5) is 0 Å². The van der Waals surface area contributed by atoms with E-state index in [0.29, 0.717) is 22.9 Å². The van der Waals surface area contributed by atoms with Crippen molar-refractivity contribution in [3.05, 3.63) is 56.9 Å². The van der Waals surface area contributed by atoms with Crippen molar-refractivity contribution in [1.29, 1.82) is 0 Å². The summed E-state index contributed by atoms with van der Waals surface area (Å²) in [5, 5.41) is 4.09. The lowest BCUT2D eigenvalue weighted by atomic mass is 10.0. The highest BCUT2D eigenvalue weighted by Crippen LogP contribution is 2.29. The van der Waals surface area contributed by atoms with E-state index in [-0.39, 0.29) is 11.7 Å². The number of hydrogen-bond donors (Lipinski definition) is 1. The summed E-state index contributed by atoms with van der Waals surface area (Å²) in [6.45, 7) is 1.71.